The number of aryl methyl sites for hydroxylation is 1. The highest BCUT2D eigenvalue weighted by molar-refractivity contribution is 7.14. The van der Waals surface area contributed by atoms with Gasteiger partial charge in [0.1, 0.15) is 23.5 Å². The van der Waals surface area contributed by atoms with Crippen LogP contribution in [0.1, 0.15) is 30.5 Å². The fourth-order valence-electron chi connectivity index (χ4n) is 1.57. The lowest BCUT2D eigenvalue weighted by molar-refractivity contribution is 0.0702. The maximum absolute atomic E-state index is 10.8. The van der Waals surface area contributed by atoms with Gasteiger partial charge in [-0.3, -0.25) is 4.79 Å². The van der Waals surface area contributed by atoms with E-state index in [9.17, 15) is 9.59 Å². The normalized spacial score (nSPS) is 10.2. The molecule has 19 heavy (non-hydrogen) atoms. The second kappa shape index (κ2) is 5.67. The van der Waals surface area contributed by atoms with E-state index in [2.05, 4.69) is 0 Å². The van der Waals surface area contributed by atoms with Crippen LogP contribution in [-0.4, -0.2) is 17.4 Å². The van der Waals surface area contributed by atoms with Crippen LogP contribution in [0.4, 0.5) is 0 Å². The third kappa shape index (κ3) is 3.20. The van der Waals surface area contributed by atoms with Crippen molar-refractivity contribution in [3.63, 3.8) is 0 Å². The number of aldehydes is 1. The molecule has 4 nitrogen and oxygen atoms in total. The molecule has 0 bridgehead atoms. The van der Waals surface area contributed by atoms with Gasteiger partial charge in [-0.05, 0) is 37.3 Å². The minimum absolute atomic E-state index is 0.312. The van der Waals surface area contributed by atoms with Gasteiger partial charge in [0.05, 0.1) is 0 Å². The van der Waals surface area contributed by atoms with E-state index in [4.69, 9.17) is 9.84 Å². The Hall–Kier alpha value is -2.14. The second-order valence-electron chi connectivity index (χ2n) is 3.97. The average Bonchev–Trinajstić information content (AvgIpc) is 2.79. The molecule has 2 aromatic rings. The molecule has 2 rings (SSSR count). The third-order valence-corrected chi connectivity index (χ3v) is 3.72. The Kier molecular flexibility index (Phi) is 3.97. The Morgan fingerprint density at radius 1 is 1.37 bits per heavy atom. The van der Waals surface area contributed by atoms with Crippen LogP contribution in [0.5, 0.6) is 5.75 Å². The van der Waals surface area contributed by atoms with Crippen LogP contribution in [0.3, 0.4) is 0 Å². The first-order valence-corrected chi connectivity index (χ1v) is 6.42. The molecule has 1 heterocycles. The number of aromatic carboxylic acids is 1. The quantitative estimate of drug-likeness (QED) is 0.852. The topological polar surface area (TPSA) is 63.6 Å². The molecule has 0 fully saturated rings. The number of carboxylic acids is 1. The zero-order valence-corrected chi connectivity index (χ0v) is 11.1. The van der Waals surface area contributed by atoms with Gasteiger partial charge in [-0.15, -0.1) is 11.3 Å². The molecule has 98 valence electrons. The van der Waals surface area contributed by atoms with Gasteiger partial charge < -0.3 is 9.84 Å². The minimum atomic E-state index is -0.922. The summed E-state index contributed by atoms with van der Waals surface area (Å²) in [6.45, 7) is 2.18. The van der Waals surface area contributed by atoms with Crippen LogP contribution in [0.15, 0.2) is 30.3 Å². The lowest BCUT2D eigenvalue weighted by Crippen LogP contribution is -1.96. The molecule has 1 aromatic carbocycles. The van der Waals surface area contributed by atoms with Crippen LogP contribution < -0.4 is 4.74 Å². The fourth-order valence-corrected chi connectivity index (χ4v) is 2.44. The summed E-state index contributed by atoms with van der Waals surface area (Å²) >= 11 is 1.24. The molecule has 0 radical (unpaired) electrons. The molecule has 0 spiro atoms. The number of rotatable bonds is 5. The van der Waals surface area contributed by atoms with Crippen molar-refractivity contribution in [1.29, 1.82) is 0 Å². The van der Waals surface area contributed by atoms with Gasteiger partial charge in [0.25, 0.3) is 0 Å². The third-order valence-electron chi connectivity index (χ3n) is 2.64. The Morgan fingerprint density at radius 2 is 2.05 bits per heavy atom. The molecule has 0 aliphatic heterocycles. The van der Waals surface area contributed by atoms with Crippen molar-refractivity contribution in [2.24, 2.45) is 0 Å². The smallest absolute Gasteiger partial charge is 0.345 e. The Bertz CT molecular complexity index is 598. The highest BCUT2D eigenvalue weighted by Gasteiger charge is 2.11. The van der Waals surface area contributed by atoms with Crippen molar-refractivity contribution in [3.05, 3.63) is 51.2 Å². The van der Waals surface area contributed by atoms with Crippen molar-refractivity contribution < 1.29 is 19.4 Å². The van der Waals surface area contributed by atoms with Gasteiger partial charge in [0, 0.05) is 16.0 Å². The first-order chi connectivity index (χ1) is 9.10. The largest absolute Gasteiger partial charge is 0.489 e. The number of carboxylic acid groups (broad SMARTS) is 1. The van der Waals surface area contributed by atoms with Crippen LogP contribution in [0.2, 0.25) is 0 Å². The maximum atomic E-state index is 10.8. The van der Waals surface area contributed by atoms with Crippen molar-refractivity contribution in [2.45, 2.75) is 13.5 Å². The predicted octanol–water partition coefficient (Wildman–Crippen LogP) is 3.15. The molecular formula is C14H12O4S. The van der Waals surface area contributed by atoms with Crippen molar-refractivity contribution in [3.8, 4) is 5.75 Å². The van der Waals surface area contributed by atoms with Gasteiger partial charge in [-0.1, -0.05) is 0 Å². The first kappa shape index (κ1) is 13.3. The minimum Gasteiger partial charge on any atom is -0.489 e. The maximum Gasteiger partial charge on any atom is 0.345 e. The molecule has 1 N–H and O–H groups in total. The van der Waals surface area contributed by atoms with Gasteiger partial charge in [-0.25, -0.2) is 4.79 Å². The number of thiophene rings is 1. The van der Waals surface area contributed by atoms with Gasteiger partial charge in [0.15, 0.2) is 0 Å². The second-order valence-corrected chi connectivity index (χ2v) is 5.23. The summed E-state index contributed by atoms with van der Waals surface area (Å²) in [5.74, 6) is -0.275. The van der Waals surface area contributed by atoms with Crippen LogP contribution >= 0.6 is 11.3 Å². The Morgan fingerprint density at radius 3 is 2.58 bits per heavy atom. The van der Waals surface area contributed by atoms with Crippen LogP contribution in [-0.2, 0) is 6.61 Å². The lowest BCUT2D eigenvalue weighted by atomic mass is 10.2. The lowest BCUT2D eigenvalue weighted by Gasteiger charge is -2.05. The molecule has 0 atom stereocenters. The van der Waals surface area contributed by atoms with E-state index in [-0.39, 0.29) is 0 Å². The van der Waals surface area contributed by atoms with E-state index in [1.165, 1.54) is 11.3 Å². The van der Waals surface area contributed by atoms with Crippen molar-refractivity contribution in [2.75, 3.05) is 0 Å². The SMILES string of the molecule is Cc1sc(C(=O)O)cc1COc1ccc(C=O)cc1. The molecule has 0 amide bonds. The molecular weight excluding hydrogens is 264 g/mol. The first-order valence-electron chi connectivity index (χ1n) is 5.61. The van der Waals surface area contributed by atoms with Crippen LogP contribution in [0, 0.1) is 6.92 Å². The van der Waals surface area contributed by atoms with E-state index in [0.717, 1.165) is 16.7 Å². The molecule has 0 aliphatic rings. The zero-order valence-electron chi connectivity index (χ0n) is 10.3. The summed E-state index contributed by atoms with van der Waals surface area (Å²) in [5.41, 5.74) is 1.45. The number of hydrogen-bond donors (Lipinski definition) is 1. The van der Waals surface area contributed by atoms with Crippen molar-refractivity contribution in [1.82, 2.24) is 0 Å². The molecule has 5 heteroatoms. The van der Waals surface area contributed by atoms with Gasteiger partial charge >= 0.3 is 5.97 Å². The molecule has 1 aromatic heterocycles. The highest BCUT2D eigenvalue weighted by atomic mass is 32.1. The Balaban J connectivity index is 2.05. The molecule has 0 unspecified atom stereocenters. The van der Waals surface area contributed by atoms with Gasteiger partial charge in [0.2, 0.25) is 0 Å². The van der Waals surface area contributed by atoms with E-state index < -0.39 is 5.97 Å². The van der Waals surface area contributed by atoms with E-state index in [0.29, 0.717) is 22.8 Å². The molecule has 0 aliphatic carbocycles. The number of benzene rings is 1. The van der Waals surface area contributed by atoms with Crippen LogP contribution in [0.25, 0.3) is 0 Å². The summed E-state index contributed by atoms with van der Waals surface area (Å²) in [6.07, 6.45) is 0.770. The monoisotopic (exact) mass is 276 g/mol. The number of carbonyl (C=O) groups is 2. The molecule has 0 saturated heterocycles. The summed E-state index contributed by atoms with van der Waals surface area (Å²) in [7, 11) is 0. The number of ether oxygens (including phenoxy) is 1. The van der Waals surface area contributed by atoms with Gasteiger partial charge in [-0.2, -0.15) is 0 Å². The van der Waals surface area contributed by atoms with Crippen molar-refractivity contribution >= 4 is 23.6 Å². The summed E-state index contributed by atoms with van der Waals surface area (Å²) < 4.78 is 5.56. The Labute approximate surface area is 114 Å². The fraction of sp³-hybridized carbons (Fsp3) is 0.143. The summed E-state index contributed by atoms with van der Waals surface area (Å²) in [4.78, 5) is 22.6. The van der Waals surface area contributed by atoms with E-state index >= 15 is 0 Å². The standard InChI is InChI=1S/C14H12O4S/c1-9-11(6-13(19-9)14(16)17)8-18-12-4-2-10(7-15)3-5-12/h2-7H,8H2,1H3,(H,16,17). The average molecular weight is 276 g/mol. The van der Waals surface area contributed by atoms with E-state index in [1.54, 1.807) is 30.3 Å². The number of carbonyl (C=O) groups excluding carboxylic acids is 1. The predicted molar refractivity (Wildman–Crippen MR) is 72.2 cm³/mol. The number of hydrogen-bond acceptors (Lipinski definition) is 4. The zero-order chi connectivity index (χ0) is 13.8. The summed E-state index contributed by atoms with van der Waals surface area (Å²) in [6, 6.07) is 8.40. The summed E-state index contributed by atoms with van der Waals surface area (Å²) in [5, 5.41) is 8.90. The highest BCUT2D eigenvalue weighted by Crippen LogP contribution is 2.23. The van der Waals surface area contributed by atoms with E-state index in [1.807, 2.05) is 6.92 Å². The molecule has 0 saturated carbocycles.